The van der Waals surface area contributed by atoms with Crippen LogP contribution in [0.15, 0.2) is 53.3 Å². The maximum Gasteiger partial charge on any atom is 0.253 e. The van der Waals surface area contributed by atoms with Crippen LogP contribution in [0.3, 0.4) is 0 Å². The zero-order valence-corrected chi connectivity index (χ0v) is 17.4. The van der Waals surface area contributed by atoms with E-state index < -0.39 is 0 Å². The Kier molecular flexibility index (Phi) is 6.85. The molecule has 0 spiro atoms. The summed E-state index contributed by atoms with van der Waals surface area (Å²) in [6.07, 6.45) is 0. The van der Waals surface area contributed by atoms with Crippen molar-refractivity contribution in [1.29, 1.82) is 0 Å². The molecular formula is C22H25N3O3S. The van der Waals surface area contributed by atoms with Crippen LogP contribution in [0, 0.1) is 6.92 Å². The second-order valence-electron chi connectivity index (χ2n) is 6.75. The van der Waals surface area contributed by atoms with E-state index in [1.165, 1.54) is 0 Å². The predicted octanol–water partition coefficient (Wildman–Crippen LogP) is 3.43. The van der Waals surface area contributed by atoms with Gasteiger partial charge >= 0.3 is 0 Å². The molecule has 0 saturated heterocycles. The fourth-order valence-corrected chi connectivity index (χ4v) is 3.34. The summed E-state index contributed by atoms with van der Waals surface area (Å²) in [4.78, 5) is 17.2. The summed E-state index contributed by atoms with van der Waals surface area (Å²) < 4.78 is 5.45. The van der Waals surface area contributed by atoms with Crippen molar-refractivity contribution in [3.8, 4) is 5.75 Å². The first-order valence-electron chi connectivity index (χ1n) is 9.52. The highest BCUT2D eigenvalue weighted by molar-refractivity contribution is 7.80. The molecule has 3 aromatic rings. The molecule has 1 heterocycles. The van der Waals surface area contributed by atoms with Crippen molar-refractivity contribution in [3.05, 3.63) is 70.0 Å². The third kappa shape index (κ3) is 5.34. The van der Waals surface area contributed by atoms with Gasteiger partial charge in [-0.2, -0.15) is 0 Å². The van der Waals surface area contributed by atoms with E-state index in [1.807, 2.05) is 62.4 Å². The number of aryl methyl sites for hydroxylation is 1. The number of ether oxygens (including phenoxy) is 1. The van der Waals surface area contributed by atoms with Crippen LogP contribution in [0.5, 0.6) is 5.75 Å². The molecule has 2 aromatic carbocycles. The Morgan fingerprint density at radius 3 is 2.66 bits per heavy atom. The van der Waals surface area contributed by atoms with Gasteiger partial charge in [0.25, 0.3) is 5.56 Å². The molecule has 0 radical (unpaired) electrons. The summed E-state index contributed by atoms with van der Waals surface area (Å²) in [6, 6.07) is 15.3. The van der Waals surface area contributed by atoms with Crippen LogP contribution in [0.4, 0.5) is 5.69 Å². The zero-order valence-electron chi connectivity index (χ0n) is 16.6. The number of hydrogen-bond donors (Lipinski definition) is 3. The lowest BCUT2D eigenvalue weighted by molar-refractivity contribution is 0.248. The topological polar surface area (TPSA) is 77.6 Å². The molecule has 0 bridgehead atoms. The van der Waals surface area contributed by atoms with Gasteiger partial charge in [-0.1, -0.05) is 11.6 Å². The minimum Gasteiger partial charge on any atom is -0.494 e. The van der Waals surface area contributed by atoms with E-state index in [1.54, 1.807) is 4.90 Å². The molecule has 29 heavy (non-hydrogen) atoms. The van der Waals surface area contributed by atoms with E-state index >= 15 is 0 Å². The number of aliphatic hydroxyl groups excluding tert-OH is 1. The van der Waals surface area contributed by atoms with Crippen LogP contribution in [-0.2, 0) is 6.54 Å². The minimum atomic E-state index is -0.159. The van der Waals surface area contributed by atoms with Gasteiger partial charge in [0.05, 0.1) is 19.8 Å². The molecule has 6 nitrogen and oxygen atoms in total. The minimum absolute atomic E-state index is 0.0737. The second-order valence-corrected chi connectivity index (χ2v) is 7.13. The van der Waals surface area contributed by atoms with Crippen molar-refractivity contribution in [2.75, 3.05) is 25.1 Å². The van der Waals surface area contributed by atoms with Crippen LogP contribution in [-0.4, -0.2) is 39.9 Å². The van der Waals surface area contributed by atoms with Crippen LogP contribution >= 0.6 is 12.2 Å². The first kappa shape index (κ1) is 20.8. The highest BCUT2D eigenvalue weighted by Gasteiger charge is 2.13. The first-order valence-corrected chi connectivity index (χ1v) is 9.93. The zero-order chi connectivity index (χ0) is 20.8. The maximum atomic E-state index is 12.5. The Bertz CT molecular complexity index is 1050. The molecule has 0 aliphatic heterocycles. The van der Waals surface area contributed by atoms with Crippen molar-refractivity contribution in [1.82, 2.24) is 9.88 Å². The SMILES string of the molecule is CCOc1ccc(NC(=S)N(CCO)Cc2cc3cc(C)ccc3[nH]c2=O)cc1. The molecule has 0 fully saturated rings. The van der Waals surface area contributed by atoms with E-state index in [0.717, 1.165) is 27.9 Å². The van der Waals surface area contributed by atoms with Crippen molar-refractivity contribution in [2.24, 2.45) is 0 Å². The number of H-pyrrole nitrogens is 1. The largest absolute Gasteiger partial charge is 0.494 e. The summed E-state index contributed by atoms with van der Waals surface area (Å²) in [5, 5.41) is 14.0. The predicted molar refractivity (Wildman–Crippen MR) is 121 cm³/mol. The standard InChI is InChI=1S/C22H25N3O3S/c1-3-28-19-7-5-18(6-8-19)23-22(29)25(10-11-26)14-17-13-16-12-15(2)4-9-20(16)24-21(17)27/h4-9,12-13,26H,3,10-11,14H2,1-2H3,(H,23,29)(H,24,27). The average Bonchev–Trinajstić information content (AvgIpc) is 2.70. The van der Waals surface area contributed by atoms with E-state index in [-0.39, 0.29) is 12.2 Å². The summed E-state index contributed by atoms with van der Waals surface area (Å²) in [6.45, 7) is 5.09. The highest BCUT2D eigenvalue weighted by atomic mass is 32.1. The molecule has 0 atom stereocenters. The average molecular weight is 412 g/mol. The number of anilines is 1. The smallest absolute Gasteiger partial charge is 0.253 e. The van der Waals surface area contributed by atoms with Crippen LogP contribution in [0.1, 0.15) is 18.1 Å². The normalized spacial score (nSPS) is 10.7. The molecule has 1 aromatic heterocycles. The number of nitrogens with zero attached hydrogens (tertiary/aromatic N) is 1. The van der Waals surface area contributed by atoms with Gasteiger partial charge < -0.3 is 25.0 Å². The second kappa shape index (κ2) is 9.54. The number of nitrogens with one attached hydrogen (secondary N) is 2. The van der Waals surface area contributed by atoms with E-state index in [4.69, 9.17) is 17.0 Å². The summed E-state index contributed by atoms with van der Waals surface area (Å²) in [5.74, 6) is 0.786. The quantitative estimate of drug-likeness (QED) is 0.517. The number of hydrogen-bond acceptors (Lipinski definition) is 4. The lowest BCUT2D eigenvalue weighted by Crippen LogP contribution is -2.37. The number of aliphatic hydroxyl groups is 1. The van der Waals surface area contributed by atoms with Gasteiger partial charge in [-0.15, -0.1) is 0 Å². The number of rotatable bonds is 7. The van der Waals surface area contributed by atoms with E-state index in [0.29, 0.717) is 30.4 Å². The summed E-state index contributed by atoms with van der Waals surface area (Å²) in [7, 11) is 0. The molecular weight excluding hydrogens is 386 g/mol. The fraction of sp³-hybridized carbons (Fsp3) is 0.273. The first-order chi connectivity index (χ1) is 14.0. The van der Waals surface area contributed by atoms with Crippen LogP contribution in [0.2, 0.25) is 0 Å². The summed E-state index contributed by atoms with van der Waals surface area (Å²) >= 11 is 5.53. The lowest BCUT2D eigenvalue weighted by atomic mass is 10.1. The van der Waals surface area contributed by atoms with Crippen molar-refractivity contribution < 1.29 is 9.84 Å². The molecule has 0 saturated carbocycles. The number of benzene rings is 2. The van der Waals surface area contributed by atoms with Gasteiger partial charge in [-0.25, -0.2) is 0 Å². The Labute approximate surface area is 175 Å². The number of fused-ring (bicyclic) bond motifs is 1. The van der Waals surface area contributed by atoms with Gasteiger partial charge in [-0.3, -0.25) is 4.79 Å². The number of thiocarbonyl (C=S) groups is 1. The number of pyridine rings is 1. The number of aromatic nitrogens is 1. The number of aromatic amines is 1. The molecule has 0 aliphatic rings. The van der Waals surface area contributed by atoms with Gasteiger partial charge in [0.2, 0.25) is 0 Å². The Morgan fingerprint density at radius 2 is 1.97 bits per heavy atom. The van der Waals surface area contributed by atoms with Gasteiger partial charge in [0.15, 0.2) is 5.11 Å². The lowest BCUT2D eigenvalue weighted by Gasteiger charge is -2.25. The highest BCUT2D eigenvalue weighted by Crippen LogP contribution is 2.17. The Morgan fingerprint density at radius 1 is 1.21 bits per heavy atom. The van der Waals surface area contributed by atoms with Gasteiger partial charge in [0, 0.05) is 23.3 Å². The molecule has 3 rings (SSSR count). The fourth-order valence-electron chi connectivity index (χ4n) is 3.07. The molecule has 0 amide bonds. The van der Waals surface area contributed by atoms with Crippen LogP contribution in [0.25, 0.3) is 10.9 Å². The molecule has 152 valence electrons. The third-order valence-electron chi connectivity index (χ3n) is 4.51. The monoisotopic (exact) mass is 411 g/mol. The van der Waals surface area contributed by atoms with Crippen molar-refractivity contribution in [2.45, 2.75) is 20.4 Å². The summed E-state index contributed by atoms with van der Waals surface area (Å²) in [5.41, 5.74) is 3.16. The van der Waals surface area contributed by atoms with E-state index in [2.05, 4.69) is 10.3 Å². The van der Waals surface area contributed by atoms with E-state index in [9.17, 15) is 9.90 Å². The van der Waals surface area contributed by atoms with Crippen LogP contribution < -0.4 is 15.6 Å². The third-order valence-corrected chi connectivity index (χ3v) is 4.87. The molecule has 0 aliphatic carbocycles. The van der Waals surface area contributed by atoms with Gasteiger partial charge in [-0.05, 0) is 73.9 Å². The maximum absolute atomic E-state index is 12.5. The Balaban J connectivity index is 1.78. The molecule has 0 unspecified atom stereocenters. The van der Waals surface area contributed by atoms with Gasteiger partial charge in [0.1, 0.15) is 5.75 Å². The van der Waals surface area contributed by atoms with Crippen molar-refractivity contribution >= 4 is 33.9 Å². The van der Waals surface area contributed by atoms with Crippen molar-refractivity contribution in [3.63, 3.8) is 0 Å². The molecule has 3 N–H and O–H groups in total. The molecule has 7 heteroatoms. The Hall–Kier alpha value is -2.90.